The first-order chi connectivity index (χ1) is 7.58. The minimum Gasteiger partial charge on any atom is -0.0843 e. The third-order valence-electron chi connectivity index (χ3n) is 3.43. The lowest BCUT2D eigenvalue weighted by atomic mass is 9.99. The van der Waals surface area contributed by atoms with Gasteiger partial charge in [0.05, 0.1) is 0 Å². The van der Waals surface area contributed by atoms with E-state index in [9.17, 15) is 0 Å². The molecular weight excluding hydrogens is 216 g/mol. The zero-order valence-electron chi connectivity index (χ0n) is 10.1. The molecule has 0 aliphatic heterocycles. The van der Waals surface area contributed by atoms with Gasteiger partial charge >= 0.3 is 0 Å². The quantitative estimate of drug-likeness (QED) is 0.678. The number of rotatable bonds is 2. The van der Waals surface area contributed by atoms with Gasteiger partial charge in [-0.2, -0.15) is 0 Å². The molecule has 16 heavy (non-hydrogen) atoms. The third-order valence-corrected chi connectivity index (χ3v) is 3.68. The SMILES string of the molecule is CC1=C(C)C(Cc2ccc(Cl)cc2)=C(C)C1. The molecule has 0 bridgehead atoms. The molecule has 0 spiro atoms. The van der Waals surface area contributed by atoms with E-state index in [-0.39, 0.29) is 0 Å². The van der Waals surface area contributed by atoms with Crippen molar-refractivity contribution >= 4 is 11.6 Å². The van der Waals surface area contributed by atoms with Gasteiger partial charge in [-0.1, -0.05) is 34.9 Å². The summed E-state index contributed by atoms with van der Waals surface area (Å²) in [5.41, 5.74) is 7.37. The lowest BCUT2D eigenvalue weighted by molar-refractivity contribution is 1.10. The van der Waals surface area contributed by atoms with Crippen molar-refractivity contribution in [3.05, 3.63) is 57.1 Å². The Morgan fingerprint density at radius 3 is 2.12 bits per heavy atom. The van der Waals surface area contributed by atoms with Gasteiger partial charge in [-0.25, -0.2) is 0 Å². The van der Waals surface area contributed by atoms with Crippen LogP contribution in [0.25, 0.3) is 0 Å². The smallest absolute Gasteiger partial charge is 0.0406 e. The molecule has 0 saturated carbocycles. The number of halogens is 1. The van der Waals surface area contributed by atoms with Gasteiger partial charge < -0.3 is 0 Å². The van der Waals surface area contributed by atoms with Crippen molar-refractivity contribution in [1.82, 2.24) is 0 Å². The monoisotopic (exact) mass is 232 g/mol. The second-order valence-corrected chi connectivity index (χ2v) is 5.08. The molecule has 1 aromatic rings. The van der Waals surface area contributed by atoms with Crippen molar-refractivity contribution in [1.29, 1.82) is 0 Å². The zero-order chi connectivity index (χ0) is 11.7. The molecule has 0 N–H and O–H groups in total. The van der Waals surface area contributed by atoms with E-state index >= 15 is 0 Å². The maximum Gasteiger partial charge on any atom is 0.0406 e. The molecule has 0 radical (unpaired) electrons. The fourth-order valence-corrected chi connectivity index (χ4v) is 2.43. The van der Waals surface area contributed by atoms with E-state index in [0.717, 1.165) is 17.9 Å². The molecule has 0 unspecified atom stereocenters. The lowest BCUT2D eigenvalue weighted by Crippen LogP contribution is -1.92. The Hall–Kier alpha value is -1.01. The Kier molecular flexibility index (Phi) is 3.20. The van der Waals surface area contributed by atoms with E-state index in [1.807, 2.05) is 12.1 Å². The molecule has 1 aliphatic rings. The maximum absolute atomic E-state index is 5.89. The van der Waals surface area contributed by atoms with Crippen molar-refractivity contribution < 1.29 is 0 Å². The van der Waals surface area contributed by atoms with E-state index in [0.29, 0.717) is 0 Å². The first-order valence-electron chi connectivity index (χ1n) is 5.67. The minimum atomic E-state index is 0.810. The summed E-state index contributed by atoms with van der Waals surface area (Å²) in [7, 11) is 0. The minimum absolute atomic E-state index is 0.810. The molecule has 84 valence electrons. The van der Waals surface area contributed by atoms with Gasteiger partial charge in [0.2, 0.25) is 0 Å². The Labute approximate surface area is 103 Å². The molecule has 0 aromatic heterocycles. The molecular formula is C15H17Cl. The fraction of sp³-hybridized carbons (Fsp3) is 0.333. The van der Waals surface area contributed by atoms with Crippen LogP contribution in [-0.4, -0.2) is 0 Å². The van der Waals surface area contributed by atoms with Crippen LogP contribution >= 0.6 is 11.6 Å². The van der Waals surface area contributed by atoms with Crippen molar-refractivity contribution in [2.75, 3.05) is 0 Å². The highest BCUT2D eigenvalue weighted by Gasteiger charge is 2.15. The van der Waals surface area contributed by atoms with Gasteiger partial charge in [0.15, 0.2) is 0 Å². The molecule has 1 aromatic carbocycles. The molecule has 0 fully saturated rings. The van der Waals surface area contributed by atoms with E-state index in [2.05, 4.69) is 32.9 Å². The Balaban J connectivity index is 2.22. The molecule has 0 heterocycles. The predicted octanol–water partition coefficient (Wildman–Crippen LogP) is 4.94. The van der Waals surface area contributed by atoms with Crippen LogP contribution in [0.5, 0.6) is 0 Å². The second-order valence-electron chi connectivity index (χ2n) is 4.64. The van der Waals surface area contributed by atoms with Crippen LogP contribution in [0, 0.1) is 0 Å². The summed E-state index contributed by atoms with van der Waals surface area (Å²) < 4.78 is 0. The van der Waals surface area contributed by atoms with Crippen molar-refractivity contribution in [3.8, 4) is 0 Å². The largest absolute Gasteiger partial charge is 0.0843 e. The summed E-state index contributed by atoms with van der Waals surface area (Å²) in [5.74, 6) is 0. The van der Waals surface area contributed by atoms with Crippen LogP contribution in [0.15, 0.2) is 46.6 Å². The van der Waals surface area contributed by atoms with Gasteiger partial charge in [-0.3, -0.25) is 0 Å². The molecule has 2 rings (SSSR count). The van der Waals surface area contributed by atoms with Crippen LogP contribution in [0.3, 0.4) is 0 Å². The summed E-state index contributed by atoms with van der Waals surface area (Å²) in [6.45, 7) is 6.70. The number of hydrogen-bond acceptors (Lipinski definition) is 0. The molecule has 0 amide bonds. The van der Waals surface area contributed by atoms with Crippen LogP contribution in [0.4, 0.5) is 0 Å². The van der Waals surface area contributed by atoms with Crippen molar-refractivity contribution in [2.45, 2.75) is 33.6 Å². The highest BCUT2D eigenvalue weighted by atomic mass is 35.5. The van der Waals surface area contributed by atoms with Gasteiger partial charge in [0.1, 0.15) is 0 Å². The van der Waals surface area contributed by atoms with E-state index in [1.54, 1.807) is 0 Å². The number of allylic oxidation sites excluding steroid dienone is 4. The van der Waals surface area contributed by atoms with Gasteiger partial charge in [0.25, 0.3) is 0 Å². The molecule has 1 aliphatic carbocycles. The number of hydrogen-bond donors (Lipinski definition) is 0. The van der Waals surface area contributed by atoms with Crippen LogP contribution < -0.4 is 0 Å². The molecule has 0 saturated heterocycles. The summed E-state index contributed by atoms with van der Waals surface area (Å²) in [4.78, 5) is 0. The average molecular weight is 233 g/mol. The van der Waals surface area contributed by atoms with Gasteiger partial charge in [-0.15, -0.1) is 0 Å². The van der Waals surface area contributed by atoms with Gasteiger partial charge in [-0.05, 0) is 62.5 Å². The highest BCUT2D eigenvalue weighted by Crippen LogP contribution is 2.33. The normalized spacial score (nSPS) is 16.2. The summed E-state index contributed by atoms with van der Waals surface area (Å²) >= 11 is 5.89. The van der Waals surface area contributed by atoms with Crippen LogP contribution in [0.1, 0.15) is 32.8 Å². The van der Waals surface area contributed by atoms with E-state index in [1.165, 1.54) is 27.9 Å². The third kappa shape index (κ3) is 2.22. The van der Waals surface area contributed by atoms with E-state index in [4.69, 9.17) is 11.6 Å². The van der Waals surface area contributed by atoms with Crippen molar-refractivity contribution in [2.24, 2.45) is 0 Å². The molecule has 0 atom stereocenters. The second kappa shape index (κ2) is 4.47. The Bertz CT molecular complexity index is 461. The molecule has 0 nitrogen and oxygen atoms in total. The first kappa shape index (κ1) is 11.5. The maximum atomic E-state index is 5.89. The predicted molar refractivity (Wildman–Crippen MR) is 70.8 cm³/mol. The first-order valence-corrected chi connectivity index (χ1v) is 6.05. The summed E-state index contributed by atoms with van der Waals surface area (Å²) in [6, 6.07) is 8.16. The summed E-state index contributed by atoms with van der Waals surface area (Å²) in [5, 5.41) is 0.810. The van der Waals surface area contributed by atoms with Crippen molar-refractivity contribution in [3.63, 3.8) is 0 Å². The van der Waals surface area contributed by atoms with E-state index < -0.39 is 0 Å². The summed E-state index contributed by atoms with van der Waals surface area (Å²) in [6.07, 6.45) is 2.18. The number of benzene rings is 1. The topological polar surface area (TPSA) is 0 Å². The molecule has 1 heteroatoms. The van der Waals surface area contributed by atoms with Crippen LogP contribution in [-0.2, 0) is 6.42 Å². The fourth-order valence-electron chi connectivity index (χ4n) is 2.30. The Morgan fingerprint density at radius 2 is 1.62 bits per heavy atom. The highest BCUT2D eigenvalue weighted by molar-refractivity contribution is 6.30. The standard InChI is InChI=1S/C15H17Cl/c1-10-8-11(2)15(12(10)3)9-13-4-6-14(16)7-5-13/h4-7H,8-9H2,1-3H3. The van der Waals surface area contributed by atoms with Gasteiger partial charge in [0, 0.05) is 5.02 Å². The van der Waals surface area contributed by atoms with Crippen LogP contribution in [0.2, 0.25) is 5.02 Å². The lowest BCUT2D eigenvalue weighted by Gasteiger charge is -2.07. The zero-order valence-corrected chi connectivity index (χ0v) is 10.9. The average Bonchev–Trinajstić information content (AvgIpc) is 2.48. The Morgan fingerprint density at radius 1 is 1.00 bits per heavy atom.